The van der Waals surface area contributed by atoms with E-state index in [4.69, 9.17) is 22.1 Å². The summed E-state index contributed by atoms with van der Waals surface area (Å²) >= 11 is 0. The van der Waals surface area contributed by atoms with Crippen molar-refractivity contribution in [1.82, 2.24) is 0 Å². The Morgan fingerprint density at radius 1 is 0.647 bits per heavy atom. The van der Waals surface area contributed by atoms with E-state index in [0.717, 1.165) is 0 Å². The van der Waals surface area contributed by atoms with Gasteiger partial charge in [-0.1, -0.05) is 0 Å². The molecule has 0 radical (unpaired) electrons. The van der Waals surface area contributed by atoms with E-state index in [0.29, 0.717) is 0 Å². The van der Waals surface area contributed by atoms with E-state index in [-0.39, 0.29) is 0 Å². The maximum absolute atomic E-state index is 6.86. The van der Waals surface area contributed by atoms with Crippen molar-refractivity contribution in [2.75, 3.05) is 0 Å². The minimum atomic E-state index is -2.55. The summed E-state index contributed by atoms with van der Waals surface area (Å²) in [5.74, 6) is 0. The molecule has 0 aromatic carbocycles. The van der Waals surface area contributed by atoms with Crippen molar-refractivity contribution >= 4 is 0 Å². The zero-order chi connectivity index (χ0) is 11.5. The Morgan fingerprint density at radius 2 is 0.765 bits per heavy atom. The van der Waals surface area contributed by atoms with Crippen LogP contribution < -0.4 is 0 Å². The summed E-state index contributed by atoms with van der Waals surface area (Å²) in [6.45, 7) is 0. The molecular formula is C10H11N6V-. The molecule has 0 aliphatic carbocycles. The Kier molecular flexibility index (Phi) is 0.216. The summed E-state index contributed by atoms with van der Waals surface area (Å²) < 4.78 is 16.1. The molecule has 6 nitrogen and oxygen atoms in total. The minimum absolute atomic E-state index is 1.50. The van der Waals surface area contributed by atoms with E-state index in [1.54, 1.807) is 51.2 Å². The van der Waals surface area contributed by atoms with Crippen LogP contribution in [0.1, 0.15) is 0 Å². The van der Waals surface area contributed by atoms with Crippen LogP contribution in [0.2, 0.25) is 46.3 Å². The number of hydrogen-bond donors (Lipinski definition) is 1. The molecule has 0 bridgehead atoms. The largest absolute Gasteiger partial charge is 0.373 e. The van der Waals surface area contributed by atoms with E-state index < -0.39 is 7.25 Å². The van der Waals surface area contributed by atoms with Crippen molar-refractivity contribution in [3.63, 3.8) is 0 Å². The molecule has 10 aliphatic heterocycles. The number of rotatable bonds is 0. The second-order valence-corrected chi connectivity index (χ2v) is 42.1. The number of fused-ring (bicyclic) bond motifs is 10. The van der Waals surface area contributed by atoms with Gasteiger partial charge in [-0.05, 0) is 10.4 Å². The third kappa shape index (κ3) is 0.0668. The van der Waals surface area contributed by atoms with Crippen LogP contribution in [0.4, 0.5) is 0 Å². The Bertz CT molecular complexity index is 743. The van der Waals surface area contributed by atoms with Gasteiger partial charge in [-0.15, -0.1) is 5.53 Å². The van der Waals surface area contributed by atoms with Crippen LogP contribution in [0.3, 0.4) is 0 Å². The van der Waals surface area contributed by atoms with Gasteiger partial charge in [0.1, 0.15) is 0 Å². The van der Waals surface area contributed by atoms with Gasteiger partial charge in [-0.2, -0.15) is 0 Å². The number of hydrogen-bond acceptors (Lipinski definition) is 1. The molecule has 10 fully saturated rings. The Hall–Kier alpha value is -0.796. The van der Waals surface area contributed by atoms with Crippen LogP contribution in [-0.2, 0) is 7.25 Å². The fourth-order valence-electron chi connectivity index (χ4n) is 20.5. The van der Waals surface area contributed by atoms with Crippen LogP contribution in [0, 0.1) is 5.53 Å². The van der Waals surface area contributed by atoms with Crippen molar-refractivity contribution < 1.29 is 7.25 Å². The summed E-state index contributed by atoms with van der Waals surface area (Å²) in [6.07, 6.45) is 0. The Balaban J connectivity index is 0.0000000965. The molecular weight excluding hydrogens is 255 g/mol. The maximum Gasteiger partial charge on any atom is -0.00208 e. The van der Waals surface area contributed by atoms with Crippen LogP contribution >= 0.6 is 0 Å². The monoisotopic (exact) mass is 266 g/mol. The van der Waals surface area contributed by atoms with Gasteiger partial charge in [0.15, 0.2) is 0 Å². The van der Waals surface area contributed by atoms with Gasteiger partial charge in [-0.25, -0.2) is 0 Å². The molecule has 87 valence electrons. The quantitative estimate of drug-likeness (QED) is 0.355. The summed E-state index contributed by atoms with van der Waals surface area (Å²) in [5.41, 5.74) is 25.8. The third-order valence-corrected chi connectivity index (χ3v) is 71.1. The second kappa shape index (κ2) is 0.528. The summed E-state index contributed by atoms with van der Waals surface area (Å²) in [7, 11) is -2.55. The first-order valence-electron chi connectivity index (χ1n) is 6.74. The van der Waals surface area contributed by atoms with Gasteiger partial charge < -0.3 is 11.1 Å². The van der Waals surface area contributed by atoms with Gasteiger partial charge in [0.05, 0.1) is 0 Å². The van der Waals surface area contributed by atoms with E-state index in [2.05, 4.69) is 0 Å². The Morgan fingerprint density at radius 3 is 0.765 bits per heavy atom. The van der Waals surface area contributed by atoms with Gasteiger partial charge in [0.25, 0.3) is 0 Å². The second-order valence-electron chi connectivity index (χ2n) is 11.8. The fourth-order valence-corrected chi connectivity index (χ4v) is 122. The molecule has 0 amide bonds. The van der Waals surface area contributed by atoms with Crippen LogP contribution in [0.5, 0.6) is 0 Å². The number of nitrogens with zero attached hydrogens (tertiary/aromatic N) is 5. The molecule has 0 saturated carbocycles. The molecule has 0 unspecified atom stereocenters. The SMILES string of the molecule is [CH]12[CH]3[CH]4[CH]5[CH]1[V]23451678[CH]2[CH]1[CH]6[CH]7[CH]28.[N-]=[N+]=N.[N-]=[N+]=[N-]. The normalized spacial score (nSPS) is 112. The predicted molar refractivity (Wildman–Crippen MR) is 57.0 cm³/mol. The third-order valence-electron chi connectivity index (χ3n) is 18.1. The topological polar surface area (TPSA) is 119 Å². The van der Waals surface area contributed by atoms with Gasteiger partial charge in [0.2, 0.25) is 0 Å². The summed E-state index contributed by atoms with van der Waals surface area (Å²) in [6, 6.07) is 0. The standard InChI is InChI=1S/2C5H5.HN3.N3.V/c2*1-2-4-5-3-1;2*1-3-2;/h2*1-5H;1H;;/q;;;-1;. The van der Waals surface area contributed by atoms with Crippen LogP contribution in [-0.4, -0.2) is 0 Å². The van der Waals surface area contributed by atoms with E-state index >= 15 is 0 Å². The molecule has 10 saturated heterocycles. The molecule has 10 heterocycles. The molecule has 17 heavy (non-hydrogen) atoms. The van der Waals surface area contributed by atoms with Crippen molar-refractivity contribution in [2.45, 2.75) is 46.3 Å². The maximum atomic E-state index is 6.86. The van der Waals surface area contributed by atoms with Gasteiger partial charge in [-0.3, -0.25) is 4.91 Å². The first kappa shape index (κ1) is 6.96. The zero-order valence-corrected chi connectivity index (χ0v) is 10.4. The average Bonchev–Trinajstić information content (AvgIpc) is 3.26. The van der Waals surface area contributed by atoms with E-state index in [1.807, 2.05) is 0 Å². The molecule has 1 N–H and O–H groups in total. The van der Waals surface area contributed by atoms with Crippen LogP contribution in [0.25, 0.3) is 26.4 Å². The van der Waals surface area contributed by atoms with Gasteiger partial charge in [0, 0.05) is 0 Å². The van der Waals surface area contributed by atoms with Crippen molar-refractivity contribution in [2.24, 2.45) is 0 Å². The molecule has 7 heteroatoms. The van der Waals surface area contributed by atoms with Gasteiger partial charge >= 0.3 is 53.5 Å². The van der Waals surface area contributed by atoms with E-state index in [1.165, 1.54) is 4.91 Å². The van der Waals surface area contributed by atoms with Crippen molar-refractivity contribution in [3.05, 3.63) is 26.4 Å². The summed E-state index contributed by atoms with van der Waals surface area (Å²) in [5, 5.41) is 0. The molecule has 1 spiro atoms. The fraction of sp³-hybridized carbons (Fsp3) is 1.00. The van der Waals surface area contributed by atoms with Crippen molar-refractivity contribution in [3.8, 4) is 0 Å². The predicted octanol–water partition coefficient (Wildman–Crippen LogP) is 5.12. The molecule has 0 atom stereocenters. The van der Waals surface area contributed by atoms with Crippen LogP contribution in [0.15, 0.2) is 0 Å². The van der Waals surface area contributed by atoms with Crippen molar-refractivity contribution in [1.29, 1.82) is 5.53 Å². The molecule has 0 aromatic heterocycles. The average molecular weight is 266 g/mol. The summed E-state index contributed by atoms with van der Waals surface area (Å²) in [4.78, 5) is 3.25. The zero-order valence-electron chi connectivity index (χ0n) is 8.96. The first-order valence-corrected chi connectivity index (χ1v) is 14.8. The number of nitrogens with one attached hydrogen (secondary N) is 1. The minimum Gasteiger partial charge on any atom is -0.373 e. The smallest absolute Gasteiger partial charge is 0.00208 e. The molecule has 10 aliphatic rings. The molecule has 0 aromatic rings. The molecule has 10 rings (SSSR count). The van der Waals surface area contributed by atoms with E-state index in [9.17, 15) is 0 Å². The first-order chi connectivity index (χ1) is 7.99. The Labute approximate surface area is 85.7 Å².